The highest BCUT2D eigenvalue weighted by Crippen LogP contribution is 2.24. The lowest BCUT2D eigenvalue weighted by molar-refractivity contribution is 0.607. The first-order valence-electron chi connectivity index (χ1n) is 9.74. The molecule has 0 radical (unpaired) electrons. The second-order valence-corrected chi connectivity index (χ2v) is 9.22. The Balaban J connectivity index is 1.53. The minimum absolute atomic E-state index is 0.483. The van der Waals surface area contributed by atoms with E-state index in [1.807, 2.05) is 29.8 Å². The van der Waals surface area contributed by atoms with Crippen LogP contribution in [0.5, 0.6) is 0 Å². The van der Waals surface area contributed by atoms with E-state index in [2.05, 4.69) is 50.4 Å². The molecule has 8 nitrogen and oxygen atoms in total. The van der Waals surface area contributed by atoms with Crippen molar-refractivity contribution in [1.29, 1.82) is 0 Å². The highest BCUT2D eigenvalue weighted by molar-refractivity contribution is 7.92. The van der Waals surface area contributed by atoms with Crippen molar-refractivity contribution in [3.8, 4) is 0 Å². The molecular weight excluding hydrogens is 412 g/mol. The molecule has 0 saturated heterocycles. The monoisotopic (exact) mass is 436 g/mol. The number of rotatable bonds is 7. The number of pyridine rings is 1. The number of nitrogens with zero attached hydrogens (tertiary/aromatic N) is 3. The molecule has 31 heavy (non-hydrogen) atoms. The quantitative estimate of drug-likeness (QED) is 0.405. The van der Waals surface area contributed by atoms with Gasteiger partial charge in [-0.1, -0.05) is 35.9 Å². The van der Waals surface area contributed by atoms with E-state index in [0.29, 0.717) is 18.1 Å². The van der Waals surface area contributed by atoms with Crippen molar-refractivity contribution in [2.75, 3.05) is 21.6 Å². The van der Waals surface area contributed by atoms with E-state index in [-0.39, 0.29) is 0 Å². The summed E-state index contributed by atoms with van der Waals surface area (Å²) >= 11 is 0. The summed E-state index contributed by atoms with van der Waals surface area (Å²) in [6.45, 7) is 2.75. The van der Waals surface area contributed by atoms with Crippen LogP contribution in [0.4, 0.5) is 23.1 Å². The molecule has 0 aliphatic heterocycles. The molecular formula is C22H24N6O2S. The predicted octanol–water partition coefficient (Wildman–Crippen LogP) is 4.00. The lowest BCUT2D eigenvalue weighted by Gasteiger charge is -2.09. The fraction of sp³-hybridized carbons (Fsp3) is 0.182. The molecule has 0 atom stereocenters. The minimum Gasteiger partial charge on any atom is -0.352 e. The molecule has 0 saturated carbocycles. The van der Waals surface area contributed by atoms with Crippen molar-refractivity contribution in [3.05, 3.63) is 71.9 Å². The van der Waals surface area contributed by atoms with Crippen LogP contribution in [-0.2, 0) is 23.6 Å². The molecule has 0 fully saturated rings. The standard InChI is InChI=1S/C22H24N6O2S/c1-15-6-4-7-16(10-15)13-24-22-26-19-14-23-21(12-20(19)28(22)2)25-17-8-5-9-18(11-17)27-31(3,29)30/h4-12,14,27H,13H2,1-3H3,(H,23,25)(H,24,26). The summed E-state index contributed by atoms with van der Waals surface area (Å²) in [5, 5.41) is 6.60. The van der Waals surface area contributed by atoms with Crippen molar-refractivity contribution in [2.45, 2.75) is 13.5 Å². The summed E-state index contributed by atoms with van der Waals surface area (Å²) in [6, 6.07) is 17.3. The molecule has 9 heteroatoms. The van der Waals surface area contributed by atoms with E-state index < -0.39 is 10.0 Å². The van der Waals surface area contributed by atoms with Gasteiger partial charge in [-0.2, -0.15) is 0 Å². The molecule has 4 aromatic rings. The molecule has 2 aromatic heterocycles. The van der Waals surface area contributed by atoms with E-state index in [0.717, 1.165) is 28.9 Å². The van der Waals surface area contributed by atoms with Gasteiger partial charge in [0.15, 0.2) is 0 Å². The maximum absolute atomic E-state index is 11.5. The molecule has 0 spiro atoms. The number of imidazole rings is 1. The van der Waals surface area contributed by atoms with Gasteiger partial charge in [-0.25, -0.2) is 18.4 Å². The number of hydrogen-bond acceptors (Lipinski definition) is 6. The largest absolute Gasteiger partial charge is 0.352 e. The number of benzene rings is 2. The van der Waals surface area contributed by atoms with Crippen molar-refractivity contribution in [1.82, 2.24) is 14.5 Å². The van der Waals surface area contributed by atoms with Gasteiger partial charge in [0.2, 0.25) is 16.0 Å². The van der Waals surface area contributed by atoms with Gasteiger partial charge in [-0.3, -0.25) is 4.72 Å². The molecule has 4 rings (SSSR count). The summed E-state index contributed by atoms with van der Waals surface area (Å²) in [5.74, 6) is 1.40. The third-order valence-corrected chi connectivity index (χ3v) is 5.35. The molecule has 160 valence electrons. The molecule has 3 N–H and O–H groups in total. The number of aryl methyl sites for hydroxylation is 2. The van der Waals surface area contributed by atoms with Crippen LogP contribution in [0.25, 0.3) is 11.0 Å². The van der Waals surface area contributed by atoms with Gasteiger partial charge in [-0.15, -0.1) is 0 Å². The van der Waals surface area contributed by atoms with Gasteiger partial charge in [0, 0.05) is 25.3 Å². The van der Waals surface area contributed by atoms with Crippen LogP contribution in [0, 0.1) is 6.92 Å². The second kappa shape index (κ2) is 8.27. The van der Waals surface area contributed by atoms with Crippen molar-refractivity contribution >= 4 is 44.2 Å². The molecule has 2 heterocycles. The summed E-state index contributed by atoms with van der Waals surface area (Å²) < 4.78 is 27.4. The third kappa shape index (κ3) is 5.13. The zero-order valence-electron chi connectivity index (χ0n) is 17.5. The Morgan fingerprint density at radius 1 is 1.03 bits per heavy atom. The summed E-state index contributed by atoms with van der Waals surface area (Å²) in [5.41, 5.74) is 5.33. The predicted molar refractivity (Wildman–Crippen MR) is 125 cm³/mol. The molecule has 0 aliphatic carbocycles. The Kier molecular flexibility index (Phi) is 5.51. The highest BCUT2D eigenvalue weighted by atomic mass is 32.2. The average molecular weight is 437 g/mol. The van der Waals surface area contributed by atoms with Crippen LogP contribution in [0.2, 0.25) is 0 Å². The SMILES string of the molecule is Cc1cccc(CNc2nc3cnc(Nc4cccc(NS(C)(=O)=O)c4)cc3n2C)c1. The fourth-order valence-corrected chi connectivity index (χ4v) is 3.90. The van der Waals surface area contributed by atoms with E-state index in [1.54, 1.807) is 24.4 Å². The fourth-order valence-electron chi connectivity index (χ4n) is 3.35. The van der Waals surface area contributed by atoms with Crippen molar-refractivity contribution in [3.63, 3.8) is 0 Å². The van der Waals surface area contributed by atoms with Crippen LogP contribution in [-0.4, -0.2) is 29.2 Å². The van der Waals surface area contributed by atoms with Gasteiger partial charge in [0.1, 0.15) is 11.3 Å². The zero-order chi connectivity index (χ0) is 22.0. The Morgan fingerprint density at radius 2 is 1.81 bits per heavy atom. The lowest BCUT2D eigenvalue weighted by Crippen LogP contribution is -2.09. The van der Waals surface area contributed by atoms with Crippen LogP contribution < -0.4 is 15.4 Å². The first-order valence-corrected chi connectivity index (χ1v) is 11.6. The normalized spacial score (nSPS) is 11.5. The van der Waals surface area contributed by atoms with Crippen molar-refractivity contribution in [2.24, 2.45) is 7.05 Å². The zero-order valence-corrected chi connectivity index (χ0v) is 18.4. The Labute approximate surface area is 181 Å². The number of aromatic nitrogens is 3. The van der Waals surface area contributed by atoms with E-state index >= 15 is 0 Å². The average Bonchev–Trinajstić information content (AvgIpc) is 3.01. The van der Waals surface area contributed by atoms with Crippen LogP contribution in [0.15, 0.2) is 60.8 Å². The Morgan fingerprint density at radius 3 is 2.58 bits per heavy atom. The topological polar surface area (TPSA) is 101 Å². The summed E-state index contributed by atoms with van der Waals surface area (Å²) in [6.07, 6.45) is 2.84. The number of anilines is 4. The highest BCUT2D eigenvalue weighted by Gasteiger charge is 2.10. The maximum Gasteiger partial charge on any atom is 0.229 e. The third-order valence-electron chi connectivity index (χ3n) is 4.74. The van der Waals surface area contributed by atoms with Gasteiger partial charge >= 0.3 is 0 Å². The van der Waals surface area contributed by atoms with Crippen LogP contribution >= 0.6 is 0 Å². The molecule has 0 aliphatic rings. The lowest BCUT2D eigenvalue weighted by atomic mass is 10.1. The Hall–Kier alpha value is -3.59. The molecule has 0 unspecified atom stereocenters. The maximum atomic E-state index is 11.5. The van der Waals surface area contributed by atoms with E-state index in [9.17, 15) is 8.42 Å². The summed E-state index contributed by atoms with van der Waals surface area (Å²) in [4.78, 5) is 9.07. The van der Waals surface area contributed by atoms with Gasteiger partial charge in [-0.05, 0) is 30.7 Å². The van der Waals surface area contributed by atoms with Crippen LogP contribution in [0.1, 0.15) is 11.1 Å². The molecule has 0 bridgehead atoms. The first-order chi connectivity index (χ1) is 14.8. The van der Waals surface area contributed by atoms with Gasteiger partial charge in [0.05, 0.1) is 23.7 Å². The van der Waals surface area contributed by atoms with E-state index in [4.69, 9.17) is 0 Å². The molecule has 0 amide bonds. The summed E-state index contributed by atoms with van der Waals surface area (Å²) in [7, 11) is -1.39. The minimum atomic E-state index is -3.34. The van der Waals surface area contributed by atoms with E-state index in [1.165, 1.54) is 11.1 Å². The van der Waals surface area contributed by atoms with Gasteiger partial charge < -0.3 is 15.2 Å². The number of nitrogens with one attached hydrogen (secondary N) is 3. The second-order valence-electron chi connectivity index (χ2n) is 7.48. The smallest absolute Gasteiger partial charge is 0.229 e. The van der Waals surface area contributed by atoms with Crippen LogP contribution in [0.3, 0.4) is 0 Å². The first kappa shape index (κ1) is 20.7. The number of sulfonamides is 1. The molecule has 2 aromatic carbocycles. The Bertz CT molecular complexity index is 1350. The van der Waals surface area contributed by atoms with Gasteiger partial charge in [0.25, 0.3) is 0 Å². The number of fused-ring (bicyclic) bond motifs is 1. The number of hydrogen-bond donors (Lipinski definition) is 3. The van der Waals surface area contributed by atoms with Crippen molar-refractivity contribution < 1.29 is 8.42 Å².